The normalized spacial score (nSPS) is 13.0. The van der Waals surface area contributed by atoms with Crippen molar-refractivity contribution >= 4 is 32.7 Å². The number of hydrogen-bond acceptors (Lipinski definition) is 6. The molecule has 1 unspecified atom stereocenters. The van der Waals surface area contributed by atoms with Gasteiger partial charge in [-0.2, -0.15) is 0 Å². The van der Waals surface area contributed by atoms with Crippen LogP contribution >= 0.6 is 11.3 Å². The fraction of sp³-hybridized carbons (Fsp3) is 0.167. The highest BCUT2D eigenvalue weighted by Gasteiger charge is 2.22. The average molecular weight is 327 g/mol. The van der Waals surface area contributed by atoms with Gasteiger partial charge in [0.1, 0.15) is 4.90 Å². The van der Waals surface area contributed by atoms with Crippen LogP contribution in [0.4, 0.5) is 11.4 Å². The topological polar surface area (TPSA) is 115 Å². The van der Waals surface area contributed by atoms with Crippen LogP contribution in [0.15, 0.2) is 40.6 Å². The van der Waals surface area contributed by atoms with E-state index in [1.165, 1.54) is 11.3 Å². The second kappa shape index (κ2) is 5.80. The summed E-state index contributed by atoms with van der Waals surface area (Å²) in [5, 5.41) is 12.5. The van der Waals surface area contributed by atoms with Gasteiger partial charge >= 0.3 is 0 Å². The Morgan fingerprint density at radius 3 is 2.62 bits per heavy atom. The molecule has 2 rings (SSSR count). The summed E-state index contributed by atoms with van der Waals surface area (Å²) >= 11 is 1.43. The van der Waals surface area contributed by atoms with E-state index in [-0.39, 0.29) is 16.3 Å². The molecule has 0 spiro atoms. The minimum atomic E-state index is -3.85. The monoisotopic (exact) mass is 327 g/mol. The lowest BCUT2D eigenvalue weighted by Gasteiger charge is -2.14. The number of nitrogens with one attached hydrogen (secondary N) is 1. The van der Waals surface area contributed by atoms with E-state index in [0.29, 0.717) is 0 Å². The smallest absolute Gasteiger partial charge is 0.271 e. The third-order valence-electron chi connectivity index (χ3n) is 2.80. The predicted molar refractivity (Wildman–Crippen MR) is 80.6 cm³/mol. The molecule has 0 aliphatic heterocycles. The average Bonchev–Trinajstić information content (AvgIpc) is 2.91. The molecule has 1 heterocycles. The van der Waals surface area contributed by atoms with Crippen LogP contribution in [0.5, 0.6) is 0 Å². The highest BCUT2D eigenvalue weighted by atomic mass is 32.2. The Hall–Kier alpha value is -1.97. The van der Waals surface area contributed by atoms with E-state index in [1.54, 1.807) is 6.92 Å². The maximum Gasteiger partial charge on any atom is 0.271 e. The third-order valence-corrected chi connectivity index (χ3v) is 5.47. The Labute approximate surface area is 125 Å². The number of nitrogens with two attached hydrogens (primary N) is 1. The molecular weight excluding hydrogens is 314 g/mol. The molecule has 0 fully saturated rings. The van der Waals surface area contributed by atoms with Gasteiger partial charge in [0, 0.05) is 17.0 Å². The largest absolute Gasteiger partial charge is 0.397 e. The first-order valence-corrected chi connectivity index (χ1v) is 8.27. The van der Waals surface area contributed by atoms with Crippen LogP contribution in [0.2, 0.25) is 0 Å². The summed E-state index contributed by atoms with van der Waals surface area (Å²) in [6.07, 6.45) is 0. The van der Waals surface area contributed by atoms with Crippen molar-refractivity contribution in [2.45, 2.75) is 17.9 Å². The molecule has 0 aliphatic carbocycles. The van der Waals surface area contributed by atoms with Crippen molar-refractivity contribution in [3.05, 3.63) is 50.7 Å². The van der Waals surface area contributed by atoms with Crippen molar-refractivity contribution < 1.29 is 13.3 Å². The van der Waals surface area contributed by atoms with Crippen LogP contribution in [0.3, 0.4) is 0 Å². The van der Waals surface area contributed by atoms with Crippen molar-refractivity contribution in [2.24, 2.45) is 0 Å². The molecule has 0 amide bonds. The van der Waals surface area contributed by atoms with Crippen LogP contribution in [0.25, 0.3) is 0 Å². The molecule has 9 heteroatoms. The lowest BCUT2D eigenvalue weighted by atomic mass is 10.3. The first-order chi connectivity index (χ1) is 9.81. The highest BCUT2D eigenvalue weighted by molar-refractivity contribution is 7.89. The Morgan fingerprint density at radius 1 is 1.38 bits per heavy atom. The SMILES string of the molecule is CC(NS(=O)(=O)c1ccc([N+](=O)[O-])cc1N)c1cccs1. The van der Waals surface area contributed by atoms with E-state index in [9.17, 15) is 18.5 Å². The number of thiophene rings is 1. The number of non-ortho nitro benzene ring substituents is 1. The molecule has 2 aromatic rings. The summed E-state index contributed by atoms with van der Waals surface area (Å²) in [7, 11) is -3.85. The lowest BCUT2D eigenvalue weighted by Crippen LogP contribution is -2.27. The zero-order valence-electron chi connectivity index (χ0n) is 11.0. The van der Waals surface area contributed by atoms with Gasteiger partial charge in [0.2, 0.25) is 10.0 Å². The number of nitrogen functional groups attached to an aromatic ring is 1. The maximum absolute atomic E-state index is 12.3. The van der Waals surface area contributed by atoms with Crippen LogP contribution in [0, 0.1) is 10.1 Å². The minimum absolute atomic E-state index is 0.157. The molecule has 21 heavy (non-hydrogen) atoms. The molecule has 0 bridgehead atoms. The van der Waals surface area contributed by atoms with Gasteiger partial charge in [0.15, 0.2) is 0 Å². The standard InChI is InChI=1S/C12H13N3O4S2/c1-8(11-3-2-6-20-11)14-21(18,19)12-5-4-9(15(16)17)7-10(12)13/h2-8,14H,13H2,1H3. The van der Waals surface area contributed by atoms with Gasteiger partial charge in [-0.25, -0.2) is 13.1 Å². The molecule has 0 saturated heterocycles. The molecule has 0 radical (unpaired) electrons. The summed E-state index contributed by atoms with van der Waals surface area (Å²) in [5.41, 5.74) is 5.21. The van der Waals surface area contributed by atoms with E-state index in [0.717, 1.165) is 23.1 Å². The summed E-state index contributed by atoms with van der Waals surface area (Å²) in [4.78, 5) is 10.7. The lowest BCUT2D eigenvalue weighted by molar-refractivity contribution is -0.384. The van der Waals surface area contributed by atoms with Crippen molar-refractivity contribution in [1.29, 1.82) is 0 Å². The highest BCUT2D eigenvalue weighted by Crippen LogP contribution is 2.26. The van der Waals surface area contributed by atoms with E-state index in [4.69, 9.17) is 5.73 Å². The van der Waals surface area contributed by atoms with Gasteiger partial charge in [0.25, 0.3) is 5.69 Å². The zero-order chi connectivity index (χ0) is 15.6. The Kier molecular flexibility index (Phi) is 4.26. The van der Waals surface area contributed by atoms with Gasteiger partial charge in [-0.05, 0) is 24.4 Å². The first kappa shape index (κ1) is 15.4. The minimum Gasteiger partial charge on any atom is -0.397 e. The zero-order valence-corrected chi connectivity index (χ0v) is 12.6. The van der Waals surface area contributed by atoms with E-state index < -0.39 is 21.0 Å². The van der Waals surface area contributed by atoms with Crippen LogP contribution in [-0.4, -0.2) is 13.3 Å². The van der Waals surface area contributed by atoms with Gasteiger partial charge < -0.3 is 5.73 Å². The predicted octanol–water partition coefficient (Wildman–Crippen LogP) is 2.28. The van der Waals surface area contributed by atoms with Gasteiger partial charge in [-0.15, -0.1) is 11.3 Å². The van der Waals surface area contributed by atoms with Gasteiger partial charge in [-0.3, -0.25) is 10.1 Å². The molecule has 1 aromatic heterocycles. The number of hydrogen-bond donors (Lipinski definition) is 2. The Balaban J connectivity index is 2.29. The second-order valence-electron chi connectivity index (χ2n) is 4.34. The number of nitro groups is 1. The van der Waals surface area contributed by atoms with Crippen LogP contribution < -0.4 is 10.5 Å². The number of nitro benzene ring substituents is 1. The number of rotatable bonds is 5. The van der Waals surface area contributed by atoms with Crippen LogP contribution in [0.1, 0.15) is 17.8 Å². The molecular formula is C12H13N3O4S2. The van der Waals surface area contributed by atoms with E-state index in [1.807, 2.05) is 17.5 Å². The fourth-order valence-corrected chi connectivity index (χ4v) is 3.93. The fourth-order valence-electron chi connectivity index (χ4n) is 1.79. The summed E-state index contributed by atoms with van der Waals surface area (Å²) in [5.74, 6) is 0. The Morgan fingerprint density at radius 2 is 2.10 bits per heavy atom. The molecule has 3 N–H and O–H groups in total. The summed E-state index contributed by atoms with van der Waals surface area (Å²) < 4.78 is 27.1. The molecule has 0 aliphatic rings. The van der Waals surface area contributed by atoms with Crippen molar-refractivity contribution in [3.63, 3.8) is 0 Å². The second-order valence-corrected chi connectivity index (χ2v) is 7.00. The summed E-state index contributed by atoms with van der Waals surface area (Å²) in [6, 6.07) is 6.51. The van der Waals surface area contributed by atoms with E-state index >= 15 is 0 Å². The number of sulfonamides is 1. The van der Waals surface area contributed by atoms with Gasteiger partial charge in [-0.1, -0.05) is 6.07 Å². The molecule has 1 aromatic carbocycles. The van der Waals surface area contributed by atoms with Crippen molar-refractivity contribution in [1.82, 2.24) is 4.72 Å². The van der Waals surface area contributed by atoms with E-state index in [2.05, 4.69) is 4.72 Å². The number of anilines is 1. The quantitative estimate of drug-likeness (QED) is 0.496. The molecule has 0 saturated carbocycles. The molecule has 7 nitrogen and oxygen atoms in total. The molecule has 112 valence electrons. The third kappa shape index (κ3) is 3.38. The Bertz CT molecular complexity index is 757. The number of benzene rings is 1. The summed E-state index contributed by atoms with van der Waals surface area (Å²) in [6.45, 7) is 1.71. The number of nitrogens with zero attached hydrogens (tertiary/aromatic N) is 1. The van der Waals surface area contributed by atoms with Crippen LogP contribution in [-0.2, 0) is 10.0 Å². The molecule has 1 atom stereocenters. The van der Waals surface area contributed by atoms with Crippen molar-refractivity contribution in [3.8, 4) is 0 Å². The maximum atomic E-state index is 12.3. The van der Waals surface area contributed by atoms with Gasteiger partial charge in [0.05, 0.1) is 16.7 Å². The van der Waals surface area contributed by atoms with Crippen molar-refractivity contribution in [2.75, 3.05) is 5.73 Å². The first-order valence-electron chi connectivity index (χ1n) is 5.91.